The molecule has 0 unspecified atom stereocenters. The molecule has 4 nitrogen and oxygen atoms in total. The van der Waals surface area contributed by atoms with Crippen molar-refractivity contribution in [3.63, 3.8) is 0 Å². The molecule has 33 heavy (non-hydrogen) atoms. The van der Waals surface area contributed by atoms with E-state index in [0.29, 0.717) is 21.2 Å². The van der Waals surface area contributed by atoms with Crippen LogP contribution in [-0.2, 0) is 4.79 Å². The normalized spacial score (nSPS) is 22.9. The summed E-state index contributed by atoms with van der Waals surface area (Å²) >= 11 is 31.3. The molecule has 176 valence electrons. The highest BCUT2D eigenvalue weighted by Crippen LogP contribution is 2.65. The van der Waals surface area contributed by atoms with Gasteiger partial charge < -0.3 is 10.6 Å². The smallest absolute Gasteiger partial charge is 0.253 e. The number of amides is 2. The van der Waals surface area contributed by atoms with Gasteiger partial charge in [-0.3, -0.25) is 9.59 Å². The first-order chi connectivity index (χ1) is 15.3. The first kappa shape index (κ1) is 24.8. The Labute approximate surface area is 213 Å². The highest BCUT2D eigenvalue weighted by atomic mass is 35.5. The number of anilines is 1. The van der Waals surface area contributed by atoms with Gasteiger partial charge in [0, 0.05) is 40.5 Å². The van der Waals surface area contributed by atoms with Crippen LogP contribution in [0.25, 0.3) is 0 Å². The molecule has 2 N–H and O–H groups in total. The van der Waals surface area contributed by atoms with Crippen LogP contribution in [0.3, 0.4) is 0 Å². The molecule has 11 heteroatoms. The van der Waals surface area contributed by atoms with E-state index in [0.717, 1.165) is 0 Å². The molecule has 0 radical (unpaired) electrons. The van der Waals surface area contributed by atoms with Crippen molar-refractivity contribution < 1.29 is 18.4 Å². The molecule has 2 aliphatic rings. The minimum atomic E-state index is -2.76. The van der Waals surface area contributed by atoms with Gasteiger partial charge in [-0.25, -0.2) is 8.78 Å². The largest absolute Gasteiger partial charge is 0.349 e. The number of nitrogens with one attached hydrogen (secondary N) is 2. The minimum Gasteiger partial charge on any atom is -0.349 e. The highest BCUT2D eigenvalue weighted by molar-refractivity contribution is 6.53. The zero-order valence-electron chi connectivity index (χ0n) is 17.0. The van der Waals surface area contributed by atoms with Gasteiger partial charge in [-0.1, -0.05) is 34.8 Å². The maximum atomic E-state index is 13.0. The lowest BCUT2D eigenvalue weighted by Crippen LogP contribution is -2.50. The average Bonchev–Trinajstić information content (AvgIpc) is 3.27. The molecule has 2 aromatic rings. The van der Waals surface area contributed by atoms with Crippen molar-refractivity contribution in [1.29, 1.82) is 0 Å². The molecular weight excluding hydrogens is 540 g/mol. The van der Waals surface area contributed by atoms with E-state index >= 15 is 0 Å². The number of carbonyl (C=O) groups is 2. The van der Waals surface area contributed by atoms with Crippen molar-refractivity contribution in [2.45, 2.75) is 42.0 Å². The number of halogens is 7. The van der Waals surface area contributed by atoms with Crippen molar-refractivity contribution in [3.8, 4) is 0 Å². The third-order valence-electron chi connectivity index (χ3n) is 5.90. The van der Waals surface area contributed by atoms with Crippen molar-refractivity contribution in [2.24, 2.45) is 5.92 Å². The Balaban J connectivity index is 1.47. The summed E-state index contributed by atoms with van der Waals surface area (Å²) in [5, 5.41) is 6.19. The van der Waals surface area contributed by atoms with Crippen LogP contribution in [0.2, 0.25) is 15.1 Å². The molecule has 0 spiro atoms. The van der Waals surface area contributed by atoms with E-state index in [1.807, 2.05) is 0 Å². The summed E-state index contributed by atoms with van der Waals surface area (Å²) in [7, 11) is 0. The van der Waals surface area contributed by atoms with Gasteiger partial charge in [0.05, 0.1) is 16.5 Å². The lowest BCUT2D eigenvalue weighted by molar-refractivity contribution is -0.117. The first-order valence-corrected chi connectivity index (χ1v) is 11.8. The molecule has 4 rings (SSSR count). The molecule has 2 aromatic carbocycles. The number of hydrogen-bond acceptors (Lipinski definition) is 2. The van der Waals surface area contributed by atoms with E-state index in [1.54, 1.807) is 19.1 Å². The molecule has 2 fully saturated rings. The van der Waals surface area contributed by atoms with E-state index in [1.165, 1.54) is 18.2 Å². The van der Waals surface area contributed by atoms with Crippen LogP contribution < -0.4 is 10.6 Å². The molecule has 2 amide bonds. The van der Waals surface area contributed by atoms with Crippen molar-refractivity contribution >= 4 is 75.5 Å². The summed E-state index contributed by atoms with van der Waals surface area (Å²) in [5.41, 5.74) is 1.67. The van der Waals surface area contributed by atoms with Gasteiger partial charge in [-0.2, -0.15) is 0 Å². The van der Waals surface area contributed by atoms with Gasteiger partial charge in [-0.15, -0.1) is 23.2 Å². The molecule has 0 aromatic heterocycles. The summed E-state index contributed by atoms with van der Waals surface area (Å²) in [6, 6.07) is 7.03. The second-order valence-electron chi connectivity index (χ2n) is 8.36. The van der Waals surface area contributed by atoms with Crippen molar-refractivity contribution in [3.05, 3.63) is 62.1 Å². The predicted molar refractivity (Wildman–Crippen MR) is 127 cm³/mol. The van der Waals surface area contributed by atoms with Crippen LogP contribution in [0.5, 0.6) is 0 Å². The number of alkyl halides is 4. The Morgan fingerprint density at radius 3 is 2.18 bits per heavy atom. The SMILES string of the molecule is Cc1c(Cl)cc([C@H]2[C@H](C(=O)Nc3ccc(Cl)c(C(=O)NC4CC(F)(F)C4)c3)C2(Cl)Cl)cc1Cl. The van der Waals surface area contributed by atoms with Crippen LogP contribution in [-0.4, -0.2) is 28.1 Å². The van der Waals surface area contributed by atoms with E-state index in [9.17, 15) is 18.4 Å². The average molecular weight is 557 g/mol. The van der Waals surface area contributed by atoms with Gasteiger partial charge in [0.25, 0.3) is 11.8 Å². The number of hydrogen-bond donors (Lipinski definition) is 2. The number of carbonyl (C=O) groups excluding carboxylic acids is 2. The molecule has 2 atom stereocenters. The molecule has 0 aliphatic heterocycles. The van der Waals surface area contributed by atoms with Crippen LogP contribution in [0.15, 0.2) is 30.3 Å². The Bertz CT molecular complexity index is 1130. The van der Waals surface area contributed by atoms with Gasteiger partial charge in [0.2, 0.25) is 5.91 Å². The van der Waals surface area contributed by atoms with E-state index in [-0.39, 0.29) is 16.3 Å². The third-order valence-corrected chi connectivity index (χ3v) is 7.96. The van der Waals surface area contributed by atoms with Gasteiger partial charge in [-0.05, 0) is 48.4 Å². The lowest BCUT2D eigenvalue weighted by Gasteiger charge is -2.35. The van der Waals surface area contributed by atoms with E-state index in [2.05, 4.69) is 10.6 Å². The maximum Gasteiger partial charge on any atom is 0.253 e. The summed E-state index contributed by atoms with van der Waals surface area (Å²) in [6.45, 7) is 1.77. The van der Waals surface area contributed by atoms with Crippen LogP contribution in [0, 0.1) is 12.8 Å². The van der Waals surface area contributed by atoms with Gasteiger partial charge >= 0.3 is 0 Å². The quantitative estimate of drug-likeness (QED) is 0.390. The van der Waals surface area contributed by atoms with Crippen molar-refractivity contribution in [1.82, 2.24) is 5.32 Å². The molecule has 0 bridgehead atoms. The second-order valence-corrected chi connectivity index (χ2v) is 11.0. The number of benzene rings is 2. The lowest BCUT2D eigenvalue weighted by atomic mass is 9.88. The Hall–Kier alpha value is -1.31. The second kappa shape index (κ2) is 8.72. The minimum absolute atomic E-state index is 0.0529. The highest BCUT2D eigenvalue weighted by Gasteiger charge is 2.67. The standard InChI is InChI=1S/C22H17Cl5F2N2O2/c1-9-15(24)4-10(5-16(9)25)17-18(22(17,26)27)20(33)30-11-2-3-14(23)13(6-11)19(32)31-12-7-21(28,29)8-12/h2-6,12,17-18H,7-8H2,1H3,(H,30,33)(H,31,32)/t17-,18+/m0/s1. The Morgan fingerprint density at radius 1 is 1.00 bits per heavy atom. The van der Waals surface area contributed by atoms with Crippen LogP contribution in [0.4, 0.5) is 14.5 Å². The Morgan fingerprint density at radius 2 is 1.61 bits per heavy atom. The van der Waals surface area contributed by atoms with E-state index < -0.39 is 52.8 Å². The topological polar surface area (TPSA) is 58.2 Å². The fraction of sp³-hybridized carbons (Fsp3) is 0.364. The van der Waals surface area contributed by atoms with Gasteiger partial charge in [0.1, 0.15) is 4.33 Å². The first-order valence-electron chi connectivity index (χ1n) is 9.92. The molecule has 2 saturated carbocycles. The third kappa shape index (κ3) is 4.92. The fourth-order valence-corrected chi connectivity index (χ4v) is 5.47. The molecule has 0 saturated heterocycles. The summed E-state index contributed by atoms with van der Waals surface area (Å²) < 4.78 is 24.7. The fourth-order valence-electron chi connectivity index (χ4n) is 3.94. The summed E-state index contributed by atoms with van der Waals surface area (Å²) in [6.07, 6.45) is -0.840. The Kier molecular flexibility index (Phi) is 6.56. The van der Waals surface area contributed by atoms with Gasteiger partial charge in [0.15, 0.2) is 0 Å². The maximum absolute atomic E-state index is 13.0. The van der Waals surface area contributed by atoms with Crippen LogP contribution >= 0.6 is 58.0 Å². The molecule has 0 heterocycles. The zero-order valence-corrected chi connectivity index (χ0v) is 20.8. The number of rotatable bonds is 5. The molecular formula is C22H17Cl5F2N2O2. The van der Waals surface area contributed by atoms with Crippen LogP contribution in [0.1, 0.15) is 40.2 Å². The van der Waals surface area contributed by atoms with E-state index in [4.69, 9.17) is 58.0 Å². The molecule has 2 aliphatic carbocycles. The van der Waals surface area contributed by atoms with Crippen molar-refractivity contribution in [2.75, 3.05) is 5.32 Å². The predicted octanol–water partition coefficient (Wildman–Crippen LogP) is 7.01. The summed E-state index contributed by atoms with van der Waals surface area (Å²) in [5.74, 6) is -5.16. The zero-order chi connectivity index (χ0) is 24.3. The monoisotopic (exact) mass is 554 g/mol. The summed E-state index contributed by atoms with van der Waals surface area (Å²) in [4.78, 5) is 25.4.